The minimum atomic E-state index is -0.345. The number of hydrogen-bond donors (Lipinski definition) is 1. The molecule has 1 atom stereocenters. The zero-order chi connectivity index (χ0) is 14.0. The molecule has 0 aromatic heterocycles. The highest BCUT2D eigenvalue weighted by Crippen LogP contribution is 2.33. The van der Waals surface area contributed by atoms with Gasteiger partial charge in [-0.15, -0.1) is 0 Å². The summed E-state index contributed by atoms with van der Waals surface area (Å²) in [5.74, 6) is -0.257. The van der Waals surface area contributed by atoms with E-state index in [0.29, 0.717) is 5.56 Å². The zero-order valence-corrected chi connectivity index (χ0v) is 11.5. The van der Waals surface area contributed by atoms with Crippen molar-refractivity contribution in [3.63, 3.8) is 0 Å². The molecule has 0 spiro atoms. The van der Waals surface area contributed by atoms with E-state index in [-0.39, 0.29) is 11.9 Å². The number of para-hydroxylation sites is 1. The fourth-order valence-corrected chi connectivity index (χ4v) is 2.34. The first-order valence-corrected chi connectivity index (χ1v) is 6.35. The van der Waals surface area contributed by atoms with Gasteiger partial charge < -0.3 is 10.6 Å². The second-order valence-electron chi connectivity index (χ2n) is 4.81. The van der Waals surface area contributed by atoms with Crippen LogP contribution in [0.5, 0.6) is 0 Å². The van der Waals surface area contributed by atoms with E-state index in [1.165, 1.54) is 6.07 Å². The van der Waals surface area contributed by atoms with Crippen LogP contribution in [0.15, 0.2) is 42.5 Å². The third-order valence-electron chi connectivity index (χ3n) is 3.32. The van der Waals surface area contributed by atoms with Crippen molar-refractivity contribution in [2.75, 3.05) is 11.9 Å². The standard InChI is InChI=1S/C16H19FN2/c1-11-7-4-5-9-14(11)19(3)15-10-6-8-13(17)16(15)12(2)18/h4-10,12H,18H2,1-3H3. The summed E-state index contributed by atoms with van der Waals surface area (Å²) in [5, 5.41) is 0. The van der Waals surface area contributed by atoms with Gasteiger partial charge in [0.2, 0.25) is 0 Å². The van der Waals surface area contributed by atoms with Crippen LogP contribution >= 0.6 is 0 Å². The van der Waals surface area contributed by atoms with Crippen molar-refractivity contribution < 1.29 is 4.39 Å². The highest BCUT2D eigenvalue weighted by Gasteiger charge is 2.16. The molecule has 2 nitrogen and oxygen atoms in total. The van der Waals surface area contributed by atoms with E-state index in [1.54, 1.807) is 13.0 Å². The maximum atomic E-state index is 14.0. The van der Waals surface area contributed by atoms with Gasteiger partial charge in [0.1, 0.15) is 5.82 Å². The number of anilines is 2. The zero-order valence-electron chi connectivity index (χ0n) is 11.5. The van der Waals surface area contributed by atoms with E-state index < -0.39 is 0 Å². The van der Waals surface area contributed by atoms with Gasteiger partial charge in [0.05, 0.1) is 0 Å². The van der Waals surface area contributed by atoms with Crippen molar-refractivity contribution in [2.24, 2.45) is 5.73 Å². The Bertz CT molecular complexity index is 579. The van der Waals surface area contributed by atoms with E-state index >= 15 is 0 Å². The van der Waals surface area contributed by atoms with Crippen LogP contribution in [0.3, 0.4) is 0 Å². The van der Waals surface area contributed by atoms with E-state index in [9.17, 15) is 4.39 Å². The van der Waals surface area contributed by atoms with E-state index in [4.69, 9.17) is 5.73 Å². The first-order valence-electron chi connectivity index (χ1n) is 6.35. The maximum absolute atomic E-state index is 14.0. The summed E-state index contributed by atoms with van der Waals surface area (Å²) in [6.07, 6.45) is 0. The van der Waals surface area contributed by atoms with Crippen molar-refractivity contribution >= 4 is 11.4 Å². The quantitative estimate of drug-likeness (QED) is 0.904. The van der Waals surface area contributed by atoms with Gasteiger partial charge >= 0.3 is 0 Å². The number of aryl methyl sites for hydroxylation is 1. The molecule has 2 N–H and O–H groups in total. The molecule has 1 unspecified atom stereocenters. The molecule has 2 aromatic rings. The van der Waals surface area contributed by atoms with Crippen molar-refractivity contribution in [3.8, 4) is 0 Å². The largest absolute Gasteiger partial charge is 0.344 e. The van der Waals surface area contributed by atoms with Crippen LogP contribution in [0.25, 0.3) is 0 Å². The number of benzene rings is 2. The molecule has 0 amide bonds. The van der Waals surface area contributed by atoms with Crippen LogP contribution in [0.2, 0.25) is 0 Å². The summed E-state index contributed by atoms with van der Waals surface area (Å²) in [6, 6.07) is 12.7. The summed E-state index contributed by atoms with van der Waals surface area (Å²) in [7, 11) is 1.93. The van der Waals surface area contributed by atoms with Crippen molar-refractivity contribution in [1.82, 2.24) is 0 Å². The van der Waals surface area contributed by atoms with Crippen LogP contribution in [-0.4, -0.2) is 7.05 Å². The second kappa shape index (κ2) is 5.41. The molecule has 0 aliphatic heterocycles. The van der Waals surface area contributed by atoms with Gasteiger partial charge in [0, 0.05) is 30.0 Å². The van der Waals surface area contributed by atoms with Gasteiger partial charge in [-0.25, -0.2) is 4.39 Å². The Balaban J connectivity index is 2.54. The Hall–Kier alpha value is -1.87. The Kier molecular flexibility index (Phi) is 3.86. The van der Waals surface area contributed by atoms with Gasteiger partial charge in [0.15, 0.2) is 0 Å². The Morgan fingerprint density at radius 3 is 2.32 bits per heavy atom. The minimum Gasteiger partial charge on any atom is -0.344 e. The molecule has 2 aromatic carbocycles. The maximum Gasteiger partial charge on any atom is 0.130 e. The first kappa shape index (κ1) is 13.6. The lowest BCUT2D eigenvalue weighted by Crippen LogP contribution is -2.17. The summed E-state index contributed by atoms with van der Waals surface area (Å²) >= 11 is 0. The Labute approximate surface area is 113 Å². The molecule has 3 heteroatoms. The highest BCUT2D eigenvalue weighted by atomic mass is 19.1. The third-order valence-corrected chi connectivity index (χ3v) is 3.32. The molecule has 0 aliphatic rings. The summed E-state index contributed by atoms with van der Waals surface area (Å²) in [6.45, 7) is 3.84. The molecule has 0 saturated heterocycles. The predicted octanol–water partition coefficient (Wildman–Crippen LogP) is 3.92. The van der Waals surface area contributed by atoms with Crippen LogP contribution in [0.4, 0.5) is 15.8 Å². The van der Waals surface area contributed by atoms with Gasteiger partial charge in [-0.1, -0.05) is 24.3 Å². The van der Waals surface area contributed by atoms with Crippen LogP contribution in [0, 0.1) is 12.7 Å². The number of halogens is 1. The molecule has 19 heavy (non-hydrogen) atoms. The molecule has 0 radical (unpaired) electrons. The average molecular weight is 258 g/mol. The van der Waals surface area contributed by atoms with E-state index in [0.717, 1.165) is 16.9 Å². The number of nitrogens with two attached hydrogens (primary N) is 1. The first-order chi connectivity index (χ1) is 9.02. The van der Waals surface area contributed by atoms with Crippen molar-refractivity contribution in [1.29, 1.82) is 0 Å². The van der Waals surface area contributed by atoms with Crippen LogP contribution < -0.4 is 10.6 Å². The van der Waals surface area contributed by atoms with Crippen molar-refractivity contribution in [3.05, 3.63) is 59.4 Å². The molecule has 0 bridgehead atoms. The molecule has 0 fully saturated rings. The summed E-state index contributed by atoms with van der Waals surface area (Å²) in [4.78, 5) is 1.98. The SMILES string of the molecule is Cc1ccccc1N(C)c1cccc(F)c1C(C)N. The minimum absolute atomic E-state index is 0.257. The van der Waals surface area contributed by atoms with E-state index in [2.05, 4.69) is 0 Å². The lowest BCUT2D eigenvalue weighted by molar-refractivity contribution is 0.594. The number of nitrogens with zero attached hydrogens (tertiary/aromatic N) is 1. The lowest BCUT2D eigenvalue weighted by Gasteiger charge is -2.25. The smallest absolute Gasteiger partial charge is 0.130 e. The van der Waals surface area contributed by atoms with Crippen LogP contribution in [0.1, 0.15) is 24.1 Å². The lowest BCUT2D eigenvalue weighted by atomic mass is 10.0. The summed E-state index contributed by atoms with van der Waals surface area (Å²) in [5.41, 5.74) is 9.46. The normalized spacial score (nSPS) is 12.3. The van der Waals surface area contributed by atoms with Crippen LogP contribution in [-0.2, 0) is 0 Å². The average Bonchev–Trinajstić information content (AvgIpc) is 2.37. The molecular weight excluding hydrogens is 239 g/mol. The monoisotopic (exact) mass is 258 g/mol. The Morgan fingerprint density at radius 1 is 1.05 bits per heavy atom. The summed E-state index contributed by atoms with van der Waals surface area (Å²) < 4.78 is 14.0. The third kappa shape index (κ3) is 2.61. The molecule has 2 rings (SSSR count). The van der Waals surface area contributed by atoms with Gasteiger partial charge in [-0.2, -0.15) is 0 Å². The van der Waals surface area contributed by atoms with Crippen molar-refractivity contribution in [2.45, 2.75) is 19.9 Å². The molecule has 0 heterocycles. The molecule has 100 valence electrons. The topological polar surface area (TPSA) is 29.3 Å². The fourth-order valence-electron chi connectivity index (χ4n) is 2.34. The predicted molar refractivity (Wildman–Crippen MR) is 78.2 cm³/mol. The molecule has 0 saturated carbocycles. The van der Waals surface area contributed by atoms with Gasteiger partial charge in [-0.05, 0) is 37.6 Å². The molecule has 0 aliphatic carbocycles. The Morgan fingerprint density at radius 2 is 1.68 bits per heavy atom. The van der Waals surface area contributed by atoms with E-state index in [1.807, 2.05) is 49.2 Å². The fraction of sp³-hybridized carbons (Fsp3) is 0.250. The number of hydrogen-bond acceptors (Lipinski definition) is 2. The van der Waals surface area contributed by atoms with Gasteiger partial charge in [0.25, 0.3) is 0 Å². The second-order valence-corrected chi connectivity index (χ2v) is 4.81. The van der Waals surface area contributed by atoms with Gasteiger partial charge in [-0.3, -0.25) is 0 Å². The molecular formula is C16H19FN2. The number of rotatable bonds is 3. The highest BCUT2D eigenvalue weighted by molar-refractivity contribution is 5.68.